The molecule has 1 amide bonds. The minimum Gasteiger partial charge on any atom is -0.497 e. The summed E-state index contributed by atoms with van der Waals surface area (Å²) in [5, 5.41) is 3.18. The van der Waals surface area contributed by atoms with E-state index in [9.17, 15) is 4.79 Å². The van der Waals surface area contributed by atoms with Crippen molar-refractivity contribution < 1.29 is 9.53 Å². The van der Waals surface area contributed by atoms with Crippen LogP contribution in [0.5, 0.6) is 5.75 Å². The van der Waals surface area contributed by atoms with Crippen molar-refractivity contribution in [2.24, 2.45) is 11.8 Å². The smallest absolute Gasteiger partial charge is 0.253 e. The van der Waals surface area contributed by atoms with Crippen LogP contribution in [-0.4, -0.2) is 19.1 Å². The van der Waals surface area contributed by atoms with Gasteiger partial charge in [0.15, 0.2) is 0 Å². The van der Waals surface area contributed by atoms with Crippen LogP contribution in [0.1, 0.15) is 36.0 Å². The topological polar surface area (TPSA) is 64.3 Å². The van der Waals surface area contributed by atoms with Crippen LogP contribution >= 0.6 is 0 Å². The average molecular weight is 260 g/mol. The van der Waals surface area contributed by atoms with Crippen LogP contribution in [0.25, 0.3) is 0 Å². The normalized spacial score (nSPS) is 18.4. The van der Waals surface area contributed by atoms with E-state index in [2.05, 4.69) is 5.32 Å². The van der Waals surface area contributed by atoms with E-state index in [4.69, 9.17) is 10.5 Å². The van der Waals surface area contributed by atoms with Crippen molar-refractivity contribution in [3.8, 4) is 5.75 Å². The van der Waals surface area contributed by atoms with Gasteiger partial charge in [-0.15, -0.1) is 0 Å². The summed E-state index contributed by atoms with van der Waals surface area (Å²) in [4.78, 5) is 12.3. The third kappa shape index (κ3) is 2.67. The second-order valence-corrected chi connectivity index (χ2v) is 5.63. The van der Waals surface area contributed by atoms with Crippen molar-refractivity contribution in [2.75, 3.05) is 12.8 Å². The summed E-state index contributed by atoms with van der Waals surface area (Å²) in [5.74, 6) is 2.01. The minimum absolute atomic E-state index is 0.0519. The fourth-order valence-corrected chi connectivity index (χ4v) is 2.63. The van der Waals surface area contributed by atoms with Gasteiger partial charge in [-0.05, 0) is 49.7 Å². The van der Waals surface area contributed by atoms with Crippen LogP contribution in [0, 0.1) is 11.8 Å². The quantitative estimate of drug-likeness (QED) is 0.798. The van der Waals surface area contributed by atoms with Crippen LogP contribution < -0.4 is 15.8 Å². The highest BCUT2D eigenvalue weighted by molar-refractivity contribution is 5.99. The summed E-state index contributed by atoms with van der Waals surface area (Å²) in [6.45, 7) is 0. The Morgan fingerprint density at radius 3 is 2.42 bits per heavy atom. The van der Waals surface area contributed by atoms with Gasteiger partial charge in [0.25, 0.3) is 5.91 Å². The molecule has 2 aliphatic rings. The molecule has 2 aliphatic carbocycles. The zero-order valence-electron chi connectivity index (χ0n) is 11.2. The second kappa shape index (κ2) is 4.76. The van der Waals surface area contributed by atoms with Gasteiger partial charge in [-0.2, -0.15) is 0 Å². The highest BCUT2D eigenvalue weighted by Crippen LogP contribution is 2.44. The van der Waals surface area contributed by atoms with E-state index in [0.29, 0.717) is 34.9 Å². The number of anilines is 1. The van der Waals surface area contributed by atoms with Crippen molar-refractivity contribution in [1.82, 2.24) is 5.32 Å². The molecule has 0 unspecified atom stereocenters. The summed E-state index contributed by atoms with van der Waals surface area (Å²) >= 11 is 0. The van der Waals surface area contributed by atoms with E-state index in [0.717, 1.165) is 0 Å². The number of nitrogens with one attached hydrogen (secondary N) is 1. The van der Waals surface area contributed by atoms with Crippen LogP contribution in [0.15, 0.2) is 18.2 Å². The van der Waals surface area contributed by atoms with Gasteiger partial charge in [-0.1, -0.05) is 0 Å². The fraction of sp³-hybridized carbons (Fsp3) is 0.533. The number of benzene rings is 1. The number of ether oxygens (including phenoxy) is 1. The predicted octanol–water partition coefficient (Wildman–Crippen LogP) is 2.20. The van der Waals surface area contributed by atoms with Gasteiger partial charge in [0, 0.05) is 17.8 Å². The molecule has 0 aliphatic heterocycles. The molecule has 4 nitrogen and oxygen atoms in total. The Kier molecular flexibility index (Phi) is 3.09. The number of carbonyl (C=O) groups excluding carboxylic acids is 1. The van der Waals surface area contributed by atoms with E-state index in [1.807, 2.05) is 0 Å². The van der Waals surface area contributed by atoms with E-state index in [-0.39, 0.29) is 5.91 Å². The lowest BCUT2D eigenvalue weighted by molar-refractivity contribution is 0.0927. The standard InChI is InChI=1S/C15H20N2O2/c1-19-11-6-7-12(13(16)8-11)15(18)17-14(9-2-3-9)10-4-5-10/h6-10,14H,2-5,16H2,1H3,(H,17,18). The maximum Gasteiger partial charge on any atom is 0.253 e. The molecule has 2 fully saturated rings. The molecule has 1 aromatic rings. The molecule has 0 atom stereocenters. The molecule has 102 valence electrons. The molecule has 3 rings (SSSR count). The molecule has 0 radical (unpaired) electrons. The Bertz CT molecular complexity index is 481. The van der Waals surface area contributed by atoms with Crippen LogP contribution in [0.4, 0.5) is 5.69 Å². The zero-order chi connectivity index (χ0) is 13.4. The SMILES string of the molecule is COc1ccc(C(=O)NC(C2CC2)C2CC2)c(N)c1. The predicted molar refractivity (Wildman–Crippen MR) is 74.1 cm³/mol. The summed E-state index contributed by atoms with van der Waals surface area (Å²) in [6, 6.07) is 5.56. The van der Waals surface area contributed by atoms with Gasteiger partial charge >= 0.3 is 0 Å². The molecule has 19 heavy (non-hydrogen) atoms. The monoisotopic (exact) mass is 260 g/mol. The van der Waals surface area contributed by atoms with E-state index >= 15 is 0 Å². The van der Waals surface area contributed by atoms with Crippen LogP contribution in [0.3, 0.4) is 0 Å². The number of methoxy groups -OCH3 is 1. The van der Waals surface area contributed by atoms with Crippen LogP contribution in [0.2, 0.25) is 0 Å². The molecule has 1 aromatic carbocycles. The summed E-state index contributed by atoms with van der Waals surface area (Å²) in [5.41, 5.74) is 6.94. The highest BCUT2D eigenvalue weighted by atomic mass is 16.5. The number of carbonyl (C=O) groups is 1. The second-order valence-electron chi connectivity index (χ2n) is 5.63. The summed E-state index contributed by atoms with van der Waals surface area (Å²) in [7, 11) is 1.59. The number of rotatable bonds is 5. The minimum atomic E-state index is -0.0519. The summed E-state index contributed by atoms with van der Waals surface area (Å²) < 4.78 is 5.10. The van der Waals surface area contributed by atoms with Gasteiger partial charge in [0.2, 0.25) is 0 Å². The summed E-state index contributed by atoms with van der Waals surface area (Å²) in [6.07, 6.45) is 5.00. The number of nitrogens with two attached hydrogens (primary N) is 1. The first-order valence-electron chi connectivity index (χ1n) is 6.93. The molecule has 0 bridgehead atoms. The van der Waals surface area contributed by atoms with Gasteiger partial charge in [-0.3, -0.25) is 4.79 Å². The van der Waals surface area contributed by atoms with Crippen molar-refractivity contribution in [2.45, 2.75) is 31.7 Å². The van der Waals surface area contributed by atoms with Crippen molar-refractivity contribution in [3.05, 3.63) is 23.8 Å². The molecule has 3 N–H and O–H groups in total. The van der Waals surface area contributed by atoms with Crippen molar-refractivity contribution in [1.29, 1.82) is 0 Å². The van der Waals surface area contributed by atoms with Crippen LogP contribution in [-0.2, 0) is 0 Å². The maximum absolute atomic E-state index is 12.3. The molecule has 4 heteroatoms. The molecular weight excluding hydrogens is 240 g/mol. The first-order chi connectivity index (χ1) is 9.19. The lowest BCUT2D eigenvalue weighted by Crippen LogP contribution is -2.38. The number of hydrogen-bond acceptors (Lipinski definition) is 3. The average Bonchev–Trinajstić information content (AvgIpc) is 3.28. The van der Waals surface area contributed by atoms with Crippen molar-refractivity contribution >= 4 is 11.6 Å². The maximum atomic E-state index is 12.3. The van der Waals surface area contributed by atoms with E-state index in [1.54, 1.807) is 25.3 Å². The van der Waals surface area contributed by atoms with Gasteiger partial charge in [0.1, 0.15) is 5.75 Å². The van der Waals surface area contributed by atoms with Gasteiger partial charge in [0.05, 0.1) is 12.7 Å². The van der Waals surface area contributed by atoms with E-state index in [1.165, 1.54) is 25.7 Å². The molecule has 0 saturated heterocycles. The third-order valence-electron chi connectivity index (χ3n) is 4.06. The molecular formula is C15H20N2O2. The molecule has 2 saturated carbocycles. The highest BCUT2D eigenvalue weighted by Gasteiger charge is 2.42. The number of nitrogen functional groups attached to an aromatic ring is 1. The first kappa shape index (κ1) is 12.3. The van der Waals surface area contributed by atoms with Gasteiger partial charge in [-0.25, -0.2) is 0 Å². The number of hydrogen-bond donors (Lipinski definition) is 2. The number of amides is 1. The molecule has 0 spiro atoms. The largest absolute Gasteiger partial charge is 0.497 e. The zero-order valence-corrected chi connectivity index (χ0v) is 11.2. The Morgan fingerprint density at radius 1 is 1.32 bits per heavy atom. The van der Waals surface area contributed by atoms with Gasteiger partial charge < -0.3 is 15.8 Å². The Balaban J connectivity index is 1.72. The van der Waals surface area contributed by atoms with E-state index < -0.39 is 0 Å². The first-order valence-corrected chi connectivity index (χ1v) is 6.93. The Labute approximate surface area is 113 Å². The lowest BCUT2D eigenvalue weighted by Gasteiger charge is -2.18. The Hall–Kier alpha value is -1.71. The fourth-order valence-electron chi connectivity index (χ4n) is 2.63. The molecule has 0 heterocycles. The third-order valence-corrected chi connectivity index (χ3v) is 4.06. The molecule has 0 aromatic heterocycles. The van der Waals surface area contributed by atoms with Crippen molar-refractivity contribution in [3.63, 3.8) is 0 Å². The lowest BCUT2D eigenvalue weighted by atomic mass is 10.1. The Morgan fingerprint density at radius 2 is 1.95 bits per heavy atom.